The number of rotatable bonds is 11. The molecule has 2 heterocycles. The van der Waals surface area contributed by atoms with Crippen LogP contribution in [0.25, 0.3) is 10.9 Å². The largest absolute Gasteiger partial charge is 0.451 e. The summed E-state index contributed by atoms with van der Waals surface area (Å²) in [5, 5.41) is 34.0. The SMILES string of the molecule is Cc1c[nH]c(C(=O)OC2C(O)C(O)C(OCCCCCN)C(O)C2OC(C)c2c[nH]c3ccccc23)n1. The van der Waals surface area contributed by atoms with Gasteiger partial charge in [0, 0.05) is 35.5 Å². The number of aryl methyl sites for hydroxylation is 1. The fraction of sp³-hybridized carbons (Fsp3) is 0.538. The van der Waals surface area contributed by atoms with Gasteiger partial charge in [0.2, 0.25) is 5.82 Å². The number of carbonyl (C=O) groups is 1. The van der Waals surface area contributed by atoms with Crippen molar-refractivity contribution in [3.63, 3.8) is 0 Å². The van der Waals surface area contributed by atoms with Crippen molar-refractivity contribution >= 4 is 16.9 Å². The van der Waals surface area contributed by atoms with E-state index in [-0.39, 0.29) is 12.4 Å². The predicted octanol–water partition coefficient (Wildman–Crippen LogP) is 1.48. The standard InChI is InChI=1S/C26H36N4O7/c1-14-12-29-25(30-14)26(34)37-23-20(32)19(31)22(35-11-7-3-6-10-27)21(33)24(23)36-15(2)17-13-28-18-9-5-4-8-16(17)18/h4-5,8-9,12-13,15,19-24,28,31-33H,3,6-7,10-11,27H2,1-2H3,(H,29,30). The van der Waals surface area contributed by atoms with Gasteiger partial charge in [-0.25, -0.2) is 9.78 Å². The number of fused-ring (bicyclic) bond motifs is 1. The second-order valence-corrected chi connectivity index (χ2v) is 9.45. The van der Waals surface area contributed by atoms with Gasteiger partial charge in [-0.15, -0.1) is 0 Å². The van der Waals surface area contributed by atoms with Gasteiger partial charge in [-0.05, 0) is 45.7 Å². The van der Waals surface area contributed by atoms with E-state index >= 15 is 0 Å². The van der Waals surface area contributed by atoms with Gasteiger partial charge in [-0.3, -0.25) is 0 Å². The van der Waals surface area contributed by atoms with Crippen LogP contribution in [0, 0.1) is 6.92 Å². The molecule has 1 aliphatic rings. The zero-order chi connectivity index (χ0) is 26.5. The van der Waals surface area contributed by atoms with Crippen molar-refractivity contribution in [1.82, 2.24) is 15.0 Å². The highest BCUT2D eigenvalue weighted by atomic mass is 16.6. The molecule has 0 bridgehead atoms. The Kier molecular flexibility index (Phi) is 8.95. The van der Waals surface area contributed by atoms with Crippen LogP contribution in [0.1, 0.15) is 54.2 Å². The van der Waals surface area contributed by atoms with Gasteiger partial charge in [0.05, 0.1) is 11.8 Å². The number of aliphatic hydroxyl groups excluding tert-OH is 3. The summed E-state index contributed by atoms with van der Waals surface area (Å²) in [6.45, 7) is 4.33. The zero-order valence-electron chi connectivity index (χ0n) is 21.0. The number of hydrogen-bond donors (Lipinski definition) is 6. The molecular weight excluding hydrogens is 480 g/mol. The third-order valence-electron chi connectivity index (χ3n) is 6.74. The summed E-state index contributed by atoms with van der Waals surface area (Å²) in [7, 11) is 0. The summed E-state index contributed by atoms with van der Waals surface area (Å²) >= 11 is 0. The summed E-state index contributed by atoms with van der Waals surface area (Å²) in [6, 6.07) is 7.71. The Morgan fingerprint density at radius 1 is 1.03 bits per heavy atom. The minimum Gasteiger partial charge on any atom is -0.451 e. The van der Waals surface area contributed by atoms with Gasteiger partial charge >= 0.3 is 5.97 Å². The van der Waals surface area contributed by atoms with Crippen LogP contribution in [-0.2, 0) is 14.2 Å². The second-order valence-electron chi connectivity index (χ2n) is 9.45. The molecule has 0 radical (unpaired) electrons. The van der Waals surface area contributed by atoms with Crippen molar-refractivity contribution in [2.24, 2.45) is 5.73 Å². The molecule has 7 N–H and O–H groups in total. The predicted molar refractivity (Wildman–Crippen MR) is 135 cm³/mol. The van der Waals surface area contributed by atoms with E-state index in [1.54, 1.807) is 20.0 Å². The number of para-hydroxylation sites is 1. The Labute approximate surface area is 215 Å². The smallest absolute Gasteiger partial charge is 0.374 e. The zero-order valence-corrected chi connectivity index (χ0v) is 21.0. The van der Waals surface area contributed by atoms with E-state index in [0.29, 0.717) is 18.7 Å². The van der Waals surface area contributed by atoms with Gasteiger partial charge in [0.15, 0.2) is 6.10 Å². The third kappa shape index (κ3) is 6.03. The molecule has 1 aromatic carbocycles. The van der Waals surface area contributed by atoms with E-state index in [1.165, 1.54) is 0 Å². The average molecular weight is 517 g/mol. The molecule has 7 unspecified atom stereocenters. The Morgan fingerprint density at radius 3 is 2.51 bits per heavy atom. The number of ether oxygens (including phenoxy) is 3. The molecule has 11 nitrogen and oxygen atoms in total. The summed E-state index contributed by atoms with van der Waals surface area (Å²) in [4.78, 5) is 22.7. The lowest BCUT2D eigenvalue weighted by Gasteiger charge is -2.45. The average Bonchev–Trinajstić information content (AvgIpc) is 3.52. The lowest BCUT2D eigenvalue weighted by molar-refractivity contribution is -0.253. The minimum atomic E-state index is -1.57. The Balaban J connectivity index is 1.56. The molecule has 0 aliphatic heterocycles. The quantitative estimate of drug-likeness (QED) is 0.163. The molecule has 2 aromatic heterocycles. The Bertz CT molecular complexity index is 1160. The number of H-pyrrole nitrogens is 2. The lowest BCUT2D eigenvalue weighted by Crippen LogP contribution is -2.66. The molecule has 11 heteroatoms. The maximum Gasteiger partial charge on any atom is 0.374 e. The van der Waals surface area contributed by atoms with Crippen molar-refractivity contribution in [3.05, 3.63) is 53.7 Å². The number of benzene rings is 1. The monoisotopic (exact) mass is 516 g/mol. The highest BCUT2D eigenvalue weighted by Gasteiger charge is 2.53. The molecule has 0 amide bonds. The first-order valence-corrected chi connectivity index (χ1v) is 12.6. The van der Waals surface area contributed by atoms with E-state index in [1.807, 2.05) is 30.5 Å². The molecule has 1 fully saturated rings. The first kappa shape index (κ1) is 27.2. The van der Waals surface area contributed by atoms with Gasteiger partial charge < -0.3 is 45.2 Å². The number of hydrogen-bond acceptors (Lipinski definition) is 9. The normalized spacial score (nSPS) is 26.9. The number of esters is 1. The molecule has 202 valence electrons. The van der Waals surface area contributed by atoms with Crippen molar-refractivity contribution < 1.29 is 34.3 Å². The van der Waals surface area contributed by atoms with Crippen LogP contribution in [0.3, 0.4) is 0 Å². The van der Waals surface area contributed by atoms with Gasteiger partial charge in [0.25, 0.3) is 0 Å². The van der Waals surface area contributed by atoms with Crippen LogP contribution in [0.4, 0.5) is 0 Å². The number of aromatic nitrogens is 3. The Hall–Kier alpha value is -2.80. The third-order valence-corrected chi connectivity index (χ3v) is 6.74. The first-order valence-electron chi connectivity index (χ1n) is 12.6. The summed E-state index contributed by atoms with van der Waals surface area (Å²) in [5.74, 6) is -0.901. The van der Waals surface area contributed by atoms with Crippen LogP contribution < -0.4 is 5.73 Å². The summed E-state index contributed by atoms with van der Waals surface area (Å²) in [5.41, 5.74) is 7.86. The van der Waals surface area contributed by atoms with Gasteiger partial charge in [0.1, 0.15) is 30.5 Å². The van der Waals surface area contributed by atoms with Crippen LogP contribution in [0.2, 0.25) is 0 Å². The number of nitrogens with zero attached hydrogens (tertiary/aromatic N) is 1. The maximum atomic E-state index is 12.8. The van der Waals surface area contributed by atoms with Gasteiger partial charge in [-0.2, -0.15) is 0 Å². The van der Waals surface area contributed by atoms with Crippen molar-refractivity contribution in [2.45, 2.75) is 75.8 Å². The number of imidazole rings is 1. The van der Waals surface area contributed by atoms with Gasteiger partial charge in [-0.1, -0.05) is 18.2 Å². The van der Waals surface area contributed by atoms with E-state index in [4.69, 9.17) is 19.9 Å². The second kappa shape index (κ2) is 12.2. The van der Waals surface area contributed by atoms with Crippen LogP contribution in [0.15, 0.2) is 36.7 Å². The van der Waals surface area contributed by atoms with E-state index in [9.17, 15) is 20.1 Å². The highest BCUT2D eigenvalue weighted by molar-refractivity contribution is 5.85. The molecule has 0 saturated heterocycles. The first-order chi connectivity index (χ1) is 17.8. The molecule has 1 aliphatic carbocycles. The number of carbonyl (C=O) groups excluding carboxylic acids is 1. The van der Waals surface area contributed by atoms with Crippen molar-refractivity contribution in [2.75, 3.05) is 13.2 Å². The Morgan fingerprint density at radius 2 is 1.78 bits per heavy atom. The topological polar surface area (TPSA) is 176 Å². The van der Waals surface area contributed by atoms with E-state index in [0.717, 1.165) is 29.3 Å². The lowest BCUT2D eigenvalue weighted by atomic mass is 9.84. The number of nitrogens with one attached hydrogen (secondary N) is 2. The molecule has 4 rings (SSSR count). The van der Waals surface area contributed by atoms with Crippen LogP contribution in [-0.4, -0.2) is 86.0 Å². The van der Waals surface area contributed by atoms with Crippen molar-refractivity contribution in [1.29, 1.82) is 0 Å². The van der Waals surface area contributed by atoms with Crippen molar-refractivity contribution in [3.8, 4) is 0 Å². The number of aromatic amines is 2. The number of aliphatic hydroxyl groups is 3. The molecular formula is C26H36N4O7. The minimum absolute atomic E-state index is 0.0598. The molecule has 3 aromatic rings. The molecule has 1 saturated carbocycles. The fourth-order valence-electron chi connectivity index (χ4n) is 4.74. The number of nitrogens with two attached hydrogens (primary N) is 1. The highest BCUT2D eigenvalue weighted by Crippen LogP contribution is 2.34. The van der Waals surface area contributed by atoms with Crippen LogP contribution in [0.5, 0.6) is 0 Å². The summed E-state index contributed by atoms with van der Waals surface area (Å²) in [6.07, 6.45) is -3.06. The number of unbranched alkanes of at least 4 members (excludes halogenated alkanes) is 2. The van der Waals surface area contributed by atoms with Crippen LogP contribution >= 0.6 is 0 Å². The maximum absolute atomic E-state index is 12.8. The molecule has 0 spiro atoms. The van der Waals surface area contributed by atoms with E-state index < -0.39 is 48.7 Å². The molecule has 37 heavy (non-hydrogen) atoms. The fourth-order valence-corrected chi connectivity index (χ4v) is 4.74. The summed E-state index contributed by atoms with van der Waals surface area (Å²) < 4.78 is 17.6. The molecule has 7 atom stereocenters. The van der Waals surface area contributed by atoms with E-state index in [2.05, 4.69) is 15.0 Å².